The van der Waals surface area contributed by atoms with Crippen LogP contribution in [0.15, 0.2) is 28.7 Å². The number of hydrogen-bond donors (Lipinski definition) is 1. The minimum Gasteiger partial charge on any atom is -0.338 e. The van der Waals surface area contributed by atoms with Crippen molar-refractivity contribution in [1.82, 2.24) is 4.90 Å². The smallest absolute Gasteiger partial charge is 0.227 e. The van der Waals surface area contributed by atoms with Gasteiger partial charge in [-0.15, -0.1) is 0 Å². The van der Waals surface area contributed by atoms with E-state index in [1.807, 2.05) is 36.1 Å². The van der Waals surface area contributed by atoms with Gasteiger partial charge in [0.25, 0.3) is 0 Å². The maximum absolute atomic E-state index is 12.1. The van der Waals surface area contributed by atoms with Crippen LogP contribution in [-0.4, -0.2) is 29.4 Å². The Balaban J connectivity index is 2.00. The van der Waals surface area contributed by atoms with Gasteiger partial charge in [-0.05, 0) is 31.0 Å². The molecule has 0 saturated carbocycles. The summed E-state index contributed by atoms with van der Waals surface area (Å²) in [6.07, 6.45) is 1.37. The van der Waals surface area contributed by atoms with Gasteiger partial charge < -0.3 is 10.6 Å². The molecule has 2 unspecified atom stereocenters. The van der Waals surface area contributed by atoms with E-state index in [1.165, 1.54) is 0 Å². The van der Waals surface area contributed by atoms with E-state index in [2.05, 4.69) is 15.9 Å². The van der Waals surface area contributed by atoms with Crippen LogP contribution in [0.25, 0.3) is 0 Å². The Morgan fingerprint density at radius 1 is 1.47 bits per heavy atom. The molecule has 1 amide bonds. The number of likely N-dealkylation sites (tertiary alicyclic amines) is 1. The van der Waals surface area contributed by atoms with Gasteiger partial charge in [-0.2, -0.15) is 0 Å². The second-order valence-corrected chi connectivity index (χ2v) is 5.50. The minimum atomic E-state index is 0.129. The summed E-state index contributed by atoms with van der Waals surface area (Å²) in [5, 5.41) is 0. The Labute approximate surface area is 110 Å². The van der Waals surface area contributed by atoms with Crippen LogP contribution in [-0.2, 0) is 11.2 Å². The van der Waals surface area contributed by atoms with Crippen LogP contribution in [0.1, 0.15) is 18.9 Å². The zero-order valence-electron chi connectivity index (χ0n) is 9.90. The lowest BCUT2D eigenvalue weighted by molar-refractivity contribution is -0.131. The fraction of sp³-hybridized carbons (Fsp3) is 0.462. The molecule has 3 nitrogen and oxygen atoms in total. The van der Waals surface area contributed by atoms with E-state index < -0.39 is 0 Å². The first kappa shape index (κ1) is 12.6. The highest BCUT2D eigenvalue weighted by molar-refractivity contribution is 9.10. The van der Waals surface area contributed by atoms with Crippen LogP contribution in [0, 0.1) is 0 Å². The molecule has 0 aromatic heterocycles. The molecule has 0 bridgehead atoms. The number of halogens is 1. The Bertz CT molecular complexity index is 404. The van der Waals surface area contributed by atoms with E-state index in [4.69, 9.17) is 5.73 Å². The molecule has 1 aromatic carbocycles. The molecule has 17 heavy (non-hydrogen) atoms. The SMILES string of the molecule is CC1C(N)CCN1C(=O)Cc1ccc(Br)cc1. The number of nitrogens with zero attached hydrogens (tertiary/aromatic N) is 1. The predicted octanol–water partition coefficient (Wildman–Crippen LogP) is 1.94. The Morgan fingerprint density at radius 2 is 2.12 bits per heavy atom. The third-order valence-corrected chi connectivity index (χ3v) is 3.93. The first-order valence-corrected chi connectivity index (χ1v) is 6.66. The number of carbonyl (C=O) groups excluding carboxylic acids is 1. The van der Waals surface area contributed by atoms with Crippen molar-refractivity contribution in [2.24, 2.45) is 5.73 Å². The van der Waals surface area contributed by atoms with E-state index in [0.29, 0.717) is 6.42 Å². The average Bonchev–Trinajstić information content (AvgIpc) is 2.63. The fourth-order valence-corrected chi connectivity index (χ4v) is 2.46. The molecule has 2 rings (SSSR count). The predicted molar refractivity (Wildman–Crippen MR) is 71.6 cm³/mol. The van der Waals surface area contributed by atoms with Crippen LogP contribution in [0.3, 0.4) is 0 Å². The Hall–Kier alpha value is -0.870. The second-order valence-electron chi connectivity index (χ2n) is 4.58. The summed E-state index contributed by atoms with van der Waals surface area (Å²) in [5.41, 5.74) is 6.97. The molecule has 1 aliphatic rings. The van der Waals surface area contributed by atoms with Crippen LogP contribution in [0.2, 0.25) is 0 Å². The average molecular weight is 297 g/mol. The van der Waals surface area contributed by atoms with Crippen molar-refractivity contribution < 1.29 is 4.79 Å². The molecule has 92 valence electrons. The van der Waals surface area contributed by atoms with Crippen LogP contribution in [0.4, 0.5) is 0 Å². The molecule has 1 aromatic rings. The van der Waals surface area contributed by atoms with Gasteiger partial charge in [0.15, 0.2) is 0 Å². The van der Waals surface area contributed by atoms with Crippen molar-refractivity contribution in [3.8, 4) is 0 Å². The molecule has 2 atom stereocenters. The highest BCUT2D eigenvalue weighted by Crippen LogP contribution is 2.18. The zero-order chi connectivity index (χ0) is 12.4. The van der Waals surface area contributed by atoms with Gasteiger partial charge in [-0.1, -0.05) is 28.1 Å². The molecule has 1 aliphatic heterocycles. The third kappa shape index (κ3) is 2.87. The topological polar surface area (TPSA) is 46.3 Å². The van der Waals surface area contributed by atoms with Crippen LogP contribution >= 0.6 is 15.9 Å². The van der Waals surface area contributed by atoms with Gasteiger partial charge in [0.1, 0.15) is 0 Å². The van der Waals surface area contributed by atoms with E-state index in [0.717, 1.165) is 23.0 Å². The largest absolute Gasteiger partial charge is 0.338 e. The standard InChI is InChI=1S/C13H17BrN2O/c1-9-12(15)6-7-16(9)13(17)8-10-2-4-11(14)5-3-10/h2-5,9,12H,6-8,15H2,1H3. The fourth-order valence-electron chi connectivity index (χ4n) is 2.19. The summed E-state index contributed by atoms with van der Waals surface area (Å²) in [6, 6.07) is 8.16. The zero-order valence-corrected chi connectivity index (χ0v) is 11.5. The van der Waals surface area contributed by atoms with Crippen molar-refractivity contribution in [2.45, 2.75) is 31.8 Å². The molecule has 0 spiro atoms. The molecular weight excluding hydrogens is 280 g/mol. The first-order valence-electron chi connectivity index (χ1n) is 5.87. The van der Waals surface area contributed by atoms with Gasteiger partial charge in [-0.3, -0.25) is 4.79 Å². The molecule has 1 heterocycles. The van der Waals surface area contributed by atoms with Gasteiger partial charge in [0, 0.05) is 23.1 Å². The van der Waals surface area contributed by atoms with Crippen molar-refractivity contribution in [2.75, 3.05) is 6.54 Å². The second kappa shape index (κ2) is 5.19. The van der Waals surface area contributed by atoms with Gasteiger partial charge in [0.2, 0.25) is 5.91 Å². The molecule has 0 radical (unpaired) electrons. The molecule has 1 fully saturated rings. The summed E-state index contributed by atoms with van der Waals surface area (Å²) in [6.45, 7) is 2.81. The van der Waals surface area contributed by atoms with E-state index >= 15 is 0 Å². The summed E-state index contributed by atoms with van der Waals surface area (Å²) >= 11 is 3.38. The monoisotopic (exact) mass is 296 g/mol. The van der Waals surface area contributed by atoms with Crippen molar-refractivity contribution in [3.63, 3.8) is 0 Å². The lowest BCUT2D eigenvalue weighted by Crippen LogP contribution is -2.41. The molecule has 0 aliphatic carbocycles. The number of hydrogen-bond acceptors (Lipinski definition) is 2. The first-order chi connectivity index (χ1) is 8.08. The van der Waals surface area contributed by atoms with Gasteiger partial charge in [-0.25, -0.2) is 0 Å². The van der Waals surface area contributed by atoms with Gasteiger partial charge >= 0.3 is 0 Å². The summed E-state index contributed by atoms with van der Waals surface area (Å²) in [4.78, 5) is 14.0. The molecular formula is C13H17BrN2O. The Kier molecular flexibility index (Phi) is 3.84. The maximum Gasteiger partial charge on any atom is 0.227 e. The van der Waals surface area contributed by atoms with Gasteiger partial charge in [0.05, 0.1) is 6.42 Å². The van der Waals surface area contributed by atoms with Crippen molar-refractivity contribution in [3.05, 3.63) is 34.3 Å². The van der Waals surface area contributed by atoms with Crippen LogP contribution in [0.5, 0.6) is 0 Å². The maximum atomic E-state index is 12.1. The normalized spacial score (nSPS) is 24.1. The summed E-state index contributed by atoms with van der Waals surface area (Å²) in [5.74, 6) is 0.174. The quantitative estimate of drug-likeness (QED) is 0.907. The van der Waals surface area contributed by atoms with E-state index in [1.54, 1.807) is 0 Å². The minimum absolute atomic E-state index is 0.129. The number of nitrogens with two attached hydrogens (primary N) is 1. The number of rotatable bonds is 2. The highest BCUT2D eigenvalue weighted by Gasteiger charge is 2.30. The number of benzene rings is 1. The lowest BCUT2D eigenvalue weighted by Gasteiger charge is -2.23. The third-order valence-electron chi connectivity index (χ3n) is 3.40. The summed E-state index contributed by atoms with van der Waals surface area (Å²) < 4.78 is 1.03. The van der Waals surface area contributed by atoms with Crippen molar-refractivity contribution >= 4 is 21.8 Å². The number of carbonyl (C=O) groups is 1. The lowest BCUT2D eigenvalue weighted by atomic mass is 10.1. The molecule has 2 N–H and O–H groups in total. The van der Waals surface area contributed by atoms with E-state index in [9.17, 15) is 4.79 Å². The van der Waals surface area contributed by atoms with E-state index in [-0.39, 0.29) is 18.0 Å². The summed E-state index contributed by atoms with van der Waals surface area (Å²) in [7, 11) is 0. The molecule has 1 saturated heterocycles. The van der Waals surface area contributed by atoms with Crippen molar-refractivity contribution in [1.29, 1.82) is 0 Å². The highest BCUT2D eigenvalue weighted by atomic mass is 79.9. The molecule has 4 heteroatoms. The van der Waals surface area contributed by atoms with Crippen LogP contribution < -0.4 is 5.73 Å². The Morgan fingerprint density at radius 3 is 2.65 bits per heavy atom. The number of amides is 1.